The van der Waals surface area contributed by atoms with Crippen molar-refractivity contribution in [1.82, 2.24) is 20.1 Å². The Hall–Kier alpha value is -6.00. The number of nitro benzene ring substituents is 2. The summed E-state index contributed by atoms with van der Waals surface area (Å²) in [6.45, 7) is 0.0270. The molecule has 43 heavy (non-hydrogen) atoms. The quantitative estimate of drug-likeness (QED) is 0.137. The van der Waals surface area contributed by atoms with Crippen LogP contribution < -0.4 is 10.4 Å². The first-order valence-electron chi connectivity index (χ1n) is 12.7. The summed E-state index contributed by atoms with van der Waals surface area (Å²) in [5.74, 6) is -1.80. The van der Waals surface area contributed by atoms with E-state index in [4.69, 9.17) is 4.84 Å². The number of hydrogen-bond acceptors (Lipinski definition) is 10. The molecule has 1 N–H and O–H groups in total. The highest BCUT2D eigenvalue weighted by molar-refractivity contribution is 5.95. The van der Waals surface area contributed by atoms with E-state index in [2.05, 4.69) is 15.5 Å². The van der Waals surface area contributed by atoms with Gasteiger partial charge < -0.3 is 10.1 Å². The van der Waals surface area contributed by atoms with Gasteiger partial charge in [0, 0.05) is 31.0 Å². The lowest BCUT2D eigenvalue weighted by Gasteiger charge is -2.31. The second-order valence-electron chi connectivity index (χ2n) is 9.37. The van der Waals surface area contributed by atoms with Crippen molar-refractivity contribution in [2.75, 3.05) is 26.2 Å². The number of nitro groups is 2. The van der Waals surface area contributed by atoms with Crippen molar-refractivity contribution in [3.8, 4) is 5.75 Å². The number of hydrazine groups is 1. The minimum atomic E-state index is -0.912. The number of H-pyrrole nitrogens is 1. The van der Waals surface area contributed by atoms with Gasteiger partial charge in [-0.2, -0.15) is 5.10 Å². The third kappa shape index (κ3) is 6.04. The third-order valence-corrected chi connectivity index (χ3v) is 6.75. The number of carbonyl (C=O) groups excluding carboxylic acids is 1. The lowest BCUT2D eigenvalue weighted by Crippen LogP contribution is -2.50. The molecule has 1 aromatic heterocycles. The van der Waals surface area contributed by atoms with Crippen molar-refractivity contribution in [2.45, 2.75) is 6.42 Å². The van der Waals surface area contributed by atoms with E-state index in [1.54, 1.807) is 24.3 Å². The highest BCUT2D eigenvalue weighted by atomic mass is 19.1. The molecule has 17 heteroatoms. The molecule has 1 saturated heterocycles. The Balaban J connectivity index is 1.25. The van der Waals surface area contributed by atoms with Gasteiger partial charge in [0.05, 0.1) is 50.6 Å². The van der Waals surface area contributed by atoms with Crippen LogP contribution in [0.5, 0.6) is 5.75 Å². The van der Waals surface area contributed by atoms with Gasteiger partial charge in [-0.3, -0.25) is 34.7 Å². The van der Waals surface area contributed by atoms with Crippen molar-refractivity contribution in [3.05, 3.63) is 119 Å². The van der Waals surface area contributed by atoms with Crippen molar-refractivity contribution >= 4 is 28.1 Å². The predicted octanol–water partition coefficient (Wildman–Crippen LogP) is 3.10. The standard InChI is InChI=1S/C26H21FN8O8/c27-21-7-5-16(14-22-18-3-1-2-4-19(18)25(36)29-28-22)13-20(21)26(37)31-9-11-32(12-10-31)35(42)30-43-24-8-6-17(33(38)39)15-23(24)34(40)41/h1-8,13,15H,9-12,14H2,(H,29,36)/b35-30-. The summed E-state index contributed by atoms with van der Waals surface area (Å²) in [7, 11) is 0. The third-order valence-electron chi connectivity index (χ3n) is 6.75. The summed E-state index contributed by atoms with van der Waals surface area (Å²) >= 11 is 0. The lowest BCUT2D eigenvalue weighted by molar-refractivity contribution is -0.708. The zero-order chi connectivity index (χ0) is 30.7. The first kappa shape index (κ1) is 28.5. The van der Waals surface area contributed by atoms with Crippen LogP contribution in [0.2, 0.25) is 0 Å². The van der Waals surface area contributed by atoms with Crippen LogP contribution in [0.4, 0.5) is 15.8 Å². The van der Waals surface area contributed by atoms with Gasteiger partial charge in [0.2, 0.25) is 11.0 Å². The molecular formula is C26H21FN8O8. The van der Waals surface area contributed by atoms with Crippen molar-refractivity contribution in [1.29, 1.82) is 0 Å². The van der Waals surface area contributed by atoms with Gasteiger partial charge in [0.25, 0.3) is 17.2 Å². The van der Waals surface area contributed by atoms with Crippen LogP contribution in [0.3, 0.4) is 0 Å². The Labute approximate surface area is 240 Å². The number of nitrogens with one attached hydrogen (secondary N) is 1. The molecule has 4 aromatic rings. The van der Waals surface area contributed by atoms with Gasteiger partial charge in [0.15, 0.2) is 0 Å². The zero-order valence-corrected chi connectivity index (χ0v) is 22.1. The maximum atomic E-state index is 14.7. The van der Waals surface area contributed by atoms with E-state index in [0.29, 0.717) is 28.1 Å². The van der Waals surface area contributed by atoms with Crippen LogP contribution in [0.1, 0.15) is 21.6 Å². The predicted molar refractivity (Wildman–Crippen MR) is 145 cm³/mol. The second-order valence-corrected chi connectivity index (χ2v) is 9.37. The average Bonchev–Trinajstić information content (AvgIpc) is 3.01. The molecule has 0 atom stereocenters. The minimum Gasteiger partial charge on any atom is -0.569 e. The summed E-state index contributed by atoms with van der Waals surface area (Å²) in [6.07, 6.45) is 0.227. The molecule has 3 aromatic carbocycles. The summed E-state index contributed by atoms with van der Waals surface area (Å²) < 4.78 is 14.7. The topological polar surface area (TPSA) is 203 Å². The van der Waals surface area contributed by atoms with Gasteiger partial charge in [-0.25, -0.2) is 9.49 Å². The molecule has 1 amide bonds. The summed E-state index contributed by atoms with van der Waals surface area (Å²) in [4.78, 5) is 52.0. The number of amides is 1. The molecule has 16 nitrogen and oxygen atoms in total. The Kier molecular flexibility index (Phi) is 7.86. The number of carbonyl (C=O) groups is 1. The van der Waals surface area contributed by atoms with Gasteiger partial charge in [-0.15, -0.1) is 5.01 Å². The number of aromatic nitrogens is 2. The Bertz CT molecular complexity index is 1840. The fraction of sp³-hybridized carbons (Fsp3) is 0.192. The van der Waals surface area contributed by atoms with E-state index < -0.39 is 38.7 Å². The van der Waals surface area contributed by atoms with Crippen LogP contribution in [0.15, 0.2) is 70.7 Å². The molecule has 0 aliphatic carbocycles. The van der Waals surface area contributed by atoms with Crippen LogP contribution in [0, 0.1) is 31.3 Å². The van der Waals surface area contributed by atoms with Crippen LogP contribution in [0.25, 0.3) is 10.8 Å². The molecule has 220 valence electrons. The number of nitrogens with zero attached hydrogens (tertiary/aromatic N) is 7. The summed E-state index contributed by atoms with van der Waals surface area (Å²) in [5, 5.41) is 46.7. The molecule has 5 rings (SSSR count). The normalized spacial score (nSPS) is 13.7. The molecule has 0 unspecified atom stereocenters. The number of benzene rings is 3. The highest BCUT2D eigenvalue weighted by Gasteiger charge is 2.28. The van der Waals surface area contributed by atoms with Gasteiger partial charge >= 0.3 is 5.69 Å². The van der Waals surface area contributed by atoms with E-state index in [9.17, 15) is 39.4 Å². The number of non-ortho nitro benzene ring substituents is 1. The summed E-state index contributed by atoms with van der Waals surface area (Å²) in [5.41, 5.74) is -0.656. The van der Waals surface area contributed by atoms with Gasteiger partial charge in [-0.05, 0) is 29.8 Å². The molecule has 0 spiro atoms. The molecular weight excluding hydrogens is 571 g/mol. The van der Waals surface area contributed by atoms with Crippen LogP contribution in [-0.4, -0.2) is 67.0 Å². The number of rotatable bonds is 8. The number of halogens is 1. The van der Waals surface area contributed by atoms with E-state index in [-0.39, 0.29) is 48.7 Å². The Morgan fingerprint density at radius 2 is 1.70 bits per heavy atom. The minimum absolute atomic E-state index is 0.0148. The Morgan fingerprint density at radius 1 is 0.977 bits per heavy atom. The molecule has 2 heterocycles. The zero-order valence-electron chi connectivity index (χ0n) is 22.1. The van der Waals surface area contributed by atoms with E-state index >= 15 is 0 Å². The van der Waals surface area contributed by atoms with E-state index in [0.717, 1.165) is 17.1 Å². The molecule has 1 aliphatic rings. The molecule has 0 bridgehead atoms. The number of fused-ring (bicyclic) bond motifs is 1. The summed E-state index contributed by atoms with van der Waals surface area (Å²) in [6, 6.07) is 13.6. The highest BCUT2D eigenvalue weighted by Crippen LogP contribution is 2.31. The monoisotopic (exact) mass is 592 g/mol. The van der Waals surface area contributed by atoms with Crippen molar-refractivity contribution in [3.63, 3.8) is 0 Å². The SMILES string of the molecule is O=C(c1cc(Cc2n[nH]c(=O)c3ccccc23)ccc1F)N1CCN(/[N+]([O-])=N/Oc2ccc([N+](=O)[O-])cc2[N+](=O)[O-])CC1. The number of piperazine rings is 1. The maximum Gasteiger partial charge on any atom is 0.321 e. The van der Waals surface area contributed by atoms with Gasteiger partial charge in [0.1, 0.15) is 5.82 Å². The molecule has 1 aliphatic heterocycles. The number of hydrogen-bond donors (Lipinski definition) is 1. The molecule has 0 saturated carbocycles. The first-order valence-corrected chi connectivity index (χ1v) is 12.7. The van der Waals surface area contributed by atoms with Gasteiger partial charge in [-0.1, -0.05) is 24.3 Å². The van der Waals surface area contributed by atoms with Crippen molar-refractivity contribution < 1.29 is 28.8 Å². The second kappa shape index (κ2) is 11.9. The maximum absolute atomic E-state index is 14.7. The van der Waals surface area contributed by atoms with Crippen LogP contribution >= 0.6 is 0 Å². The molecule has 0 radical (unpaired) electrons. The largest absolute Gasteiger partial charge is 0.569 e. The lowest BCUT2D eigenvalue weighted by atomic mass is 10.0. The van der Waals surface area contributed by atoms with E-state index in [1.807, 2.05) is 0 Å². The smallest absolute Gasteiger partial charge is 0.321 e. The number of aromatic amines is 1. The average molecular weight is 593 g/mol. The fourth-order valence-corrected chi connectivity index (χ4v) is 4.56. The van der Waals surface area contributed by atoms with E-state index in [1.165, 1.54) is 23.1 Å². The molecule has 1 fully saturated rings. The Morgan fingerprint density at radius 3 is 2.40 bits per heavy atom. The first-order chi connectivity index (χ1) is 20.6. The van der Waals surface area contributed by atoms with Crippen LogP contribution in [-0.2, 0) is 6.42 Å². The van der Waals surface area contributed by atoms with Crippen molar-refractivity contribution in [2.24, 2.45) is 5.28 Å². The fourth-order valence-electron chi connectivity index (χ4n) is 4.56.